The quantitative estimate of drug-likeness (QED) is 0.605. The second-order valence-electron chi connectivity index (χ2n) is 2.97. The van der Waals surface area contributed by atoms with Crippen molar-refractivity contribution in [3.8, 4) is 0 Å². The van der Waals surface area contributed by atoms with E-state index in [-0.39, 0.29) is 0 Å². The Labute approximate surface area is 90.1 Å². The molecule has 0 aliphatic heterocycles. The molecule has 0 bridgehead atoms. The van der Waals surface area contributed by atoms with Crippen molar-refractivity contribution < 1.29 is 4.79 Å². The van der Waals surface area contributed by atoms with Gasteiger partial charge in [-0.05, 0) is 17.7 Å². The van der Waals surface area contributed by atoms with Gasteiger partial charge in [-0.1, -0.05) is 34.1 Å². The summed E-state index contributed by atoms with van der Waals surface area (Å²) in [5.74, 6) is 0. The van der Waals surface area contributed by atoms with Crippen molar-refractivity contribution in [1.29, 1.82) is 0 Å². The molecule has 0 spiro atoms. The van der Waals surface area contributed by atoms with E-state index in [0.29, 0.717) is 5.69 Å². The number of aromatic nitrogens is 1. The number of benzene rings is 1. The third kappa shape index (κ3) is 1.55. The van der Waals surface area contributed by atoms with Gasteiger partial charge in [0, 0.05) is 10.7 Å². The van der Waals surface area contributed by atoms with Gasteiger partial charge in [0.1, 0.15) is 5.69 Å². The predicted octanol–water partition coefficient (Wildman–Crippen LogP) is 2.94. The van der Waals surface area contributed by atoms with E-state index < -0.39 is 0 Å². The number of hydrogen-bond donors (Lipinski definition) is 0. The van der Waals surface area contributed by atoms with Crippen LogP contribution in [0.25, 0.3) is 10.9 Å². The molecule has 2 aromatic rings. The average molecular weight is 250 g/mol. The molecule has 3 heteroatoms. The number of alkyl halides is 1. The zero-order valence-electron chi connectivity index (χ0n) is 7.40. The molecule has 0 fully saturated rings. The van der Waals surface area contributed by atoms with Crippen molar-refractivity contribution >= 4 is 33.1 Å². The second-order valence-corrected chi connectivity index (χ2v) is 3.54. The van der Waals surface area contributed by atoms with E-state index in [9.17, 15) is 4.79 Å². The van der Waals surface area contributed by atoms with Crippen LogP contribution in [-0.2, 0) is 5.33 Å². The molecule has 0 unspecified atom stereocenters. The van der Waals surface area contributed by atoms with Gasteiger partial charge < -0.3 is 0 Å². The molecule has 70 valence electrons. The molecule has 0 aliphatic carbocycles. The first-order valence-electron chi connectivity index (χ1n) is 4.25. The summed E-state index contributed by atoms with van der Waals surface area (Å²) in [6.45, 7) is 0. The monoisotopic (exact) mass is 249 g/mol. The smallest absolute Gasteiger partial charge is 0.168 e. The third-order valence-corrected chi connectivity index (χ3v) is 2.69. The van der Waals surface area contributed by atoms with Gasteiger partial charge >= 0.3 is 0 Å². The minimum atomic E-state index is 0.484. The highest BCUT2D eigenvalue weighted by Crippen LogP contribution is 2.19. The fourth-order valence-corrected chi connectivity index (χ4v) is 1.91. The van der Waals surface area contributed by atoms with Crippen LogP contribution in [-0.4, -0.2) is 11.3 Å². The highest BCUT2D eigenvalue weighted by molar-refractivity contribution is 9.08. The van der Waals surface area contributed by atoms with Gasteiger partial charge in [-0.25, -0.2) is 4.98 Å². The van der Waals surface area contributed by atoms with Crippen molar-refractivity contribution in [3.63, 3.8) is 0 Å². The number of fused-ring (bicyclic) bond motifs is 1. The highest BCUT2D eigenvalue weighted by Gasteiger charge is 2.03. The van der Waals surface area contributed by atoms with Crippen LogP contribution in [0.3, 0.4) is 0 Å². The van der Waals surface area contributed by atoms with E-state index in [2.05, 4.69) is 20.9 Å². The van der Waals surface area contributed by atoms with Crippen LogP contribution in [0.2, 0.25) is 0 Å². The van der Waals surface area contributed by atoms with Crippen LogP contribution < -0.4 is 0 Å². The number of pyridine rings is 1. The SMILES string of the molecule is O=Cc1cc(CBr)c2ccccc2n1. The lowest BCUT2D eigenvalue weighted by Crippen LogP contribution is -1.92. The number of halogens is 1. The Balaban J connectivity index is 2.79. The first-order chi connectivity index (χ1) is 6.85. The summed E-state index contributed by atoms with van der Waals surface area (Å²) in [4.78, 5) is 14.9. The van der Waals surface area contributed by atoms with Gasteiger partial charge in [0.25, 0.3) is 0 Å². The zero-order chi connectivity index (χ0) is 9.97. The molecule has 0 aliphatic rings. The molecule has 0 saturated heterocycles. The van der Waals surface area contributed by atoms with Crippen LogP contribution in [0, 0.1) is 0 Å². The number of aldehydes is 1. The maximum Gasteiger partial charge on any atom is 0.168 e. The summed E-state index contributed by atoms with van der Waals surface area (Å²) in [5, 5.41) is 1.83. The molecule has 1 heterocycles. The van der Waals surface area contributed by atoms with E-state index in [0.717, 1.165) is 28.1 Å². The number of para-hydroxylation sites is 1. The maximum atomic E-state index is 10.6. The third-order valence-electron chi connectivity index (χ3n) is 2.09. The minimum absolute atomic E-state index is 0.484. The van der Waals surface area contributed by atoms with E-state index in [1.807, 2.05) is 30.3 Å². The van der Waals surface area contributed by atoms with Gasteiger partial charge in [0.15, 0.2) is 6.29 Å². The number of carbonyl (C=O) groups is 1. The second kappa shape index (κ2) is 3.88. The fraction of sp³-hybridized carbons (Fsp3) is 0.0909. The number of carbonyl (C=O) groups excluding carboxylic acids is 1. The van der Waals surface area contributed by atoms with Crippen LogP contribution in [0.4, 0.5) is 0 Å². The van der Waals surface area contributed by atoms with Gasteiger partial charge in [-0.3, -0.25) is 4.79 Å². The molecule has 0 atom stereocenters. The first kappa shape index (κ1) is 9.34. The summed E-state index contributed by atoms with van der Waals surface area (Å²) in [6.07, 6.45) is 0.776. The molecular formula is C11H8BrNO. The van der Waals surface area contributed by atoms with Crippen LogP contribution in [0.15, 0.2) is 30.3 Å². The normalized spacial score (nSPS) is 10.4. The van der Waals surface area contributed by atoms with Crippen molar-refractivity contribution in [1.82, 2.24) is 4.98 Å². The van der Waals surface area contributed by atoms with Crippen molar-refractivity contribution in [2.24, 2.45) is 0 Å². The molecule has 2 nitrogen and oxygen atoms in total. The van der Waals surface area contributed by atoms with E-state index in [1.54, 1.807) is 0 Å². The van der Waals surface area contributed by atoms with Crippen molar-refractivity contribution in [3.05, 3.63) is 41.6 Å². The lowest BCUT2D eigenvalue weighted by Gasteiger charge is -2.03. The number of rotatable bonds is 2. The van der Waals surface area contributed by atoms with Gasteiger partial charge in [0.05, 0.1) is 5.52 Å². The molecule has 1 aromatic carbocycles. The van der Waals surface area contributed by atoms with Crippen molar-refractivity contribution in [2.45, 2.75) is 5.33 Å². The van der Waals surface area contributed by atoms with Gasteiger partial charge in [-0.15, -0.1) is 0 Å². The van der Waals surface area contributed by atoms with E-state index in [4.69, 9.17) is 0 Å². The molecule has 2 rings (SSSR count). The van der Waals surface area contributed by atoms with Crippen LogP contribution >= 0.6 is 15.9 Å². The molecule has 0 amide bonds. The summed E-state index contributed by atoms with van der Waals surface area (Å²) < 4.78 is 0. The Morgan fingerprint density at radius 3 is 2.86 bits per heavy atom. The topological polar surface area (TPSA) is 30.0 Å². The summed E-state index contributed by atoms with van der Waals surface area (Å²) in [6, 6.07) is 9.62. The van der Waals surface area contributed by atoms with Gasteiger partial charge in [0.2, 0.25) is 0 Å². The van der Waals surface area contributed by atoms with E-state index in [1.165, 1.54) is 0 Å². The summed E-state index contributed by atoms with van der Waals surface area (Å²) >= 11 is 3.40. The Morgan fingerprint density at radius 2 is 2.14 bits per heavy atom. The van der Waals surface area contributed by atoms with Crippen LogP contribution in [0.5, 0.6) is 0 Å². The summed E-state index contributed by atoms with van der Waals surface area (Å²) in [7, 11) is 0. The summed E-state index contributed by atoms with van der Waals surface area (Å²) in [5.41, 5.74) is 2.45. The molecule has 0 radical (unpaired) electrons. The maximum absolute atomic E-state index is 10.6. The molecule has 0 N–H and O–H groups in total. The first-order valence-corrected chi connectivity index (χ1v) is 5.37. The number of nitrogens with zero attached hydrogens (tertiary/aromatic N) is 1. The fourth-order valence-electron chi connectivity index (χ4n) is 1.44. The lowest BCUT2D eigenvalue weighted by atomic mass is 10.1. The Bertz CT molecular complexity index is 482. The standard InChI is InChI=1S/C11H8BrNO/c12-6-8-5-9(7-14)13-11-4-2-1-3-10(8)11/h1-5,7H,6H2. The Hall–Kier alpha value is -1.22. The predicted molar refractivity (Wildman–Crippen MR) is 59.8 cm³/mol. The van der Waals surface area contributed by atoms with Crippen molar-refractivity contribution in [2.75, 3.05) is 0 Å². The molecule has 0 saturated carbocycles. The average Bonchev–Trinajstić information content (AvgIpc) is 2.27. The Kier molecular flexibility index (Phi) is 2.59. The number of hydrogen-bond acceptors (Lipinski definition) is 2. The van der Waals surface area contributed by atoms with Gasteiger partial charge in [-0.2, -0.15) is 0 Å². The largest absolute Gasteiger partial charge is 0.296 e. The van der Waals surface area contributed by atoms with E-state index >= 15 is 0 Å². The molecule has 1 aromatic heterocycles. The minimum Gasteiger partial charge on any atom is -0.296 e. The highest BCUT2D eigenvalue weighted by atomic mass is 79.9. The molecule has 14 heavy (non-hydrogen) atoms. The molecular weight excluding hydrogens is 242 g/mol. The lowest BCUT2D eigenvalue weighted by molar-refractivity contribution is 0.111. The zero-order valence-corrected chi connectivity index (χ0v) is 8.99. The van der Waals surface area contributed by atoms with Crippen LogP contribution in [0.1, 0.15) is 16.1 Å². The Morgan fingerprint density at radius 1 is 1.36 bits per heavy atom.